The Balaban J connectivity index is 1.69. The molecule has 0 aliphatic carbocycles. The van der Waals surface area contributed by atoms with Gasteiger partial charge >= 0.3 is 0 Å². The van der Waals surface area contributed by atoms with Crippen molar-refractivity contribution in [2.24, 2.45) is 0 Å². The number of likely N-dealkylation sites (tertiary alicyclic amines) is 1. The van der Waals surface area contributed by atoms with Gasteiger partial charge in [-0.05, 0) is 45.4 Å². The van der Waals surface area contributed by atoms with Crippen LogP contribution in [0.3, 0.4) is 0 Å². The molecular formula is C19H27N5O. The second-order valence-electron chi connectivity index (χ2n) is 7.20. The largest absolute Gasteiger partial charge is 0.378 e. The second-order valence-corrected chi connectivity index (χ2v) is 7.20. The Morgan fingerprint density at radius 3 is 2.60 bits per heavy atom. The first-order valence-corrected chi connectivity index (χ1v) is 8.78. The lowest BCUT2D eigenvalue weighted by Crippen LogP contribution is -2.32. The van der Waals surface area contributed by atoms with Crippen LogP contribution >= 0.6 is 0 Å². The molecule has 6 heteroatoms. The molecule has 1 saturated heterocycles. The van der Waals surface area contributed by atoms with Crippen LogP contribution in [0.4, 0.5) is 5.69 Å². The highest BCUT2D eigenvalue weighted by Gasteiger charge is 2.29. The molecule has 1 aliphatic rings. The first-order chi connectivity index (χ1) is 11.8. The molecule has 1 fully saturated rings. The minimum atomic E-state index is 0.134. The lowest BCUT2D eigenvalue weighted by atomic mass is 10.0. The quantitative estimate of drug-likeness (QED) is 0.856. The fourth-order valence-corrected chi connectivity index (χ4v) is 3.43. The number of nitrogens with zero attached hydrogens (tertiary/aromatic N) is 5. The third-order valence-electron chi connectivity index (χ3n) is 4.82. The Morgan fingerprint density at radius 2 is 1.96 bits per heavy atom. The van der Waals surface area contributed by atoms with Crippen LogP contribution in [0.2, 0.25) is 0 Å². The maximum Gasteiger partial charge on any atom is 0.244 e. The molecule has 25 heavy (non-hydrogen) atoms. The molecule has 0 spiro atoms. The summed E-state index contributed by atoms with van der Waals surface area (Å²) in [5.74, 6) is 0.442. The van der Waals surface area contributed by atoms with E-state index in [4.69, 9.17) is 4.98 Å². The SMILES string of the molecule is Cc1cc(N(C)C)cc([C@H]2CCN(C(=O)Cn3nc(C)cc3C)C2)n1. The van der Waals surface area contributed by atoms with Crippen molar-refractivity contribution in [1.29, 1.82) is 0 Å². The topological polar surface area (TPSA) is 54.3 Å². The van der Waals surface area contributed by atoms with Crippen molar-refractivity contribution in [2.75, 3.05) is 32.1 Å². The Morgan fingerprint density at radius 1 is 1.20 bits per heavy atom. The normalized spacial score (nSPS) is 17.2. The summed E-state index contributed by atoms with van der Waals surface area (Å²) in [6, 6.07) is 6.23. The molecule has 3 heterocycles. The van der Waals surface area contributed by atoms with Gasteiger partial charge in [0.1, 0.15) is 6.54 Å². The molecule has 0 bridgehead atoms. The summed E-state index contributed by atoms with van der Waals surface area (Å²) in [4.78, 5) is 21.4. The van der Waals surface area contributed by atoms with Gasteiger partial charge in [-0.1, -0.05) is 0 Å². The average molecular weight is 341 g/mol. The second kappa shape index (κ2) is 6.86. The van der Waals surface area contributed by atoms with Crippen molar-refractivity contribution in [3.63, 3.8) is 0 Å². The maximum atomic E-state index is 12.6. The fraction of sp³-hybridized carbons (Fsp3) is 0.526. The van der Waals surface area contributed by atoms with Crippen LogP contribution < -0.4 is 4.90 Å². The van der Waals surface area contributed by atoms with E-state index < -0.39 is 0 Å². The smallest absolute Gasteiger partial charge is 0.244 e. The van der Waals surface area contributed by atoms with E-state index in [0.717, 1.165) is 48.0 Å². The maximum absolute atomic E-state index is 12.6. The Hall–Kier alpha value is -2.37. The lowest BCUT2D eigenvalue weighted by Gasteiger charge is -2.19. The molecule has 134 valence electrons. The molecule has 0 unspecified atom stereocenters. The van der Waals surface area contributed by atoms with Crippen molar-refractivity contribution in [1.82, 2.24) is 19.7 Å². The zero-order valence-corrected chi connectivity index (χ0v) is 15.8. The lowest BCUT2D eigenvalue weighted by molar-refractivity contribution is -0.131. The molecule has 6 nitrogen and oxygen atoms in total. The van der Waals surface area contributed by atoms with Gasteiger partial charge in [-0.3, -0.25) is 14.5 Å². The first kappa shape index (κ1) is 17.5. The van der Waals surface area contributed by atoms with Gasteiger partial charge in [-0.15, -0.1) is 0 Å². The molecule has 0 N–H and O–H groups in total. The minimum Gasteiger partial charge on any atom is -0.378 e. The number of aromatic nitrogens is 3. The van der Waals surface area contributed by atoms with Crippen molar-refractivity contribution in [3.8, 4) is 0 Å². The molecule has 2 aromatic rings. The van der Waals surface area contributed by atoms with Crippen LogP contribution in [-0.2, 0) is 11.3 Å². The van der Waals surface area contributed by atoms with Gasteiger partial charge < -0.3 is 9.80 Å². The summed E-state index contributed by atoms with van der Waals surface area (Å²) in [5, 5.41) is 4.39. The van der Waals surface area contributed by atoms with E-state index in [-0.39, 0.29) is 5.91 Å². The molecule has 3 rings (SSSR count). The summed E-state index contributed by atoms with van der Waals surface area (Å²) in [6.45, 7) is 7.80. The zero-order valence-electron chi connectivity index (χ0n) is 15.8. The van der Waals surface area contributed by atoms with E-state index in [1.165, 1.54) is 0 Å². The summed E-state index contributed by atoms with van der Waals surface area (Å²) < 4.78 is 1.79. The molecule has 0 aromatic carbocycles. The van der Waals surface area contributed by atoms with Gasteiger partial charge in [0.15, 0.2) is 0 Å². The van der Waals surface area contributed by atoms with Gasteiger partial charge in [0.25, 0.3) is 0 Å². The van der Waals surface area contributed by atoms with E-state index in [0.29, 0.717) is 12.5 Å². The summed E-state index contributed by atoms with van der Waals surface area (Å²) in [7, 11) is 4.08. The molecule has 0 saturated carbocycles. The Kier molecular flexibility index (Phi) is 4.79. The van der Waals surface area contributed by atoms with Crippen LogP contribution in [0, 0.1) is 20.8 Å². The predicted molar refractivity (Wildman–Crippen MR) is 98.9 cm³/mol. The van der Waals surface area contributed by atoms with Gasteiger partial charge in [0, 0.05) is 55.9 Å². The Bertz CT molecular complexity index is 780. The van der Waals surface area contributed by atoms with E-state index >= 15 is 0 Å². The van der Waals surface area contributed by atoms with E-state index in [1.54, 1.807) is 4.68 Å². The fourth-order valence-electron chi connectivity index (χ4n) is 3.43. The summed E-state index contributed by atoms with van der Waals surface area (Å²) in [5.41, 5.74) is 5.25. The number of rotatable bonds is 4. The number of carbonyl (C=O) groups is 1. The van der Waals surface area contributed by atoms with Crippen molar-refractivity contribution >= 4 is 11.6 Å². The van der Waals surface area contributed by atoms with Gasteiger partial charge in [-0.25, -0.2) is 0 Å². The zero-order chi connectivity index (χ0) is 18.1. The highest BCUT2D eigenvalue weighted by molar-refractivity contribution is 5.76. The number of carbonyl (C=O) groups excluding carboxylic acids is 1. The number of hydrogen-bond donors (Lipinski definition) is 0. The molecule has 0 radical (unpaired) electrons. The third kappa shape index (κ3) is 3.83. The van der Waals surface area contributed by atoms with Gasteiger partial charge in [0.05, 0.1) is 5.69 Å². The third-order valence-corrected chi connectivity index (χ3v) is 4.82. The van der Waals surface area contributed by atoms with Crippen molar-refractivity contribution in [3.05, 3.63) is 41.0 Å². The monoisotopic (exact) mass is 341 g/mol. The van der Waals surface area contributed by atoms with E-state index in [2.05, 4.69) is 22.1 Å². The van der Waals surface area contributed by atoms with Crippen LogP contribution in [0.15, 0.2) is 18.2 Å². The number of hydrogen-bond acceptors (Lipinski definition) is 4. The molecule has 1 aliphatic heterocycles. The van der Waals surface area contributed by atoms with Gasteiger partial charge in [0.2, 0.25) is 5.91 Å². The van der Waals surface area contributed by atoms with Crippen LogP contribution in [0.5, 0.6) is 0 Å². The standard InChI is InChI=1S/C19H27N5O/c1-13-9-17(22(4)5)10-18(20-13)16-6-7-23(11-16)19(25)12-24-15(3)8-14(2)21-24/h8-10,16H,6-7,11-12H2,1-5H3/t16-/m0/s1. The number of aryl methyl sites for hydroxylation is 3. The number of amides is 1. The van der Waals surface area contributed by atoms with Crippen LogP contribution in [-0.4, -0.2) is 52.8 Å². The summed E-state index contributed by atoms with van der Waals surface area (Å²) in [6.07, 6.45) is 0.964. The van der Waals surface area contributed by atoms with Crippen molar-refractivity contribution < 1.29 is 4.79 Å². The molecular weight excluding hydrogens is 314 g/mol. The summed E-state index contributed by atoms with van der Waals surface area (Å²) >= 11 is 0. The van der Waals surface area contributed by atoms with Crippen molar-refractivity contribution in [2.45, 2.75) is 39.7 Å². The highest BCUT2D eigenvalue weighted by atomic mass is 16.2. The number of pyridine rings is 1. The molecule has 1 atom stereocenters. The average Bonchev–Trinajstić information content (AvgIpc) is 3.14. The van der Waals surface area contributed by atoms with E-state index in [1.807, 2.05) is 45.8 Å². The predicted octanol–water partition coefficient (Wildman–Crippen LogP) is 2.29. The first-order valence-electron chi connectivity index (χ1n) is 8.78. The van der Waals surface area contributed by atoms with Crippen LogP contribution in [0.1, 0.15) is 35.1 Å². The highest BCUT2D eigenvalue weighted by Crippen LogP contribution is 2.28. The minimum absolute atomic E-state index is 0.134. The van der Waals surface area contributed by atoms with E-state index in [9.17, 15) is 4.79 Å². The molecule has 2 aromatic heterocycles. The Labute approximate surface area is 149 Å². The van der Waals surface area contributed by atoms with Gasteiger partial charge in [-0.2, -0.15) is 5.10 Å². The molecule has 1 amide bonds. The van der Waals surface area contributed by atoms with Crippen LogP contribution in [0.25, 0.3) is 0 Å². The number of anilines is 1.